The average molecular weight is 665 g/mol. The van der Waals surface area contributed by atoms with Crippen molar-refractivity contribution in [2.45, 2.75) is 97.7 Å². The fourth-order valence-electron chi connectivity index (χ4n) is 5.64. The first-order valence-corrected chi connectivity index (χ1v) is 19.2. The molecule has 0 radical (unpaired) electrons. The van der Waals surface area contributed by atoms with Crippen LogP contribution in [0.1, 0.15) is 73.0 Å². The number of nitrogens with zero attached hydrogens (tertiary/aromatic N) is 6. The molecule has 0 aliphatic carbocycles. The zero-order valence-electron chi connectivity index (χ0n) is 29.0. The van der Waals surface area contributed by atoms with Gasteiger partial charge in [0, 0.05) is 24.8 Å². The van der Waals surface area contributed by atoms with E-state index in [1.165, 1.54) is 9.80 Å². The van der Waals surface area contributed by atoms with Crippen LogP contribution in [0, 0.1) is 0 Å². The molecule has 13 heteroatoms. The zero-order valence-corrected chi connectivity index (χ0v) is 30.0. The molecule has 1 N–H and O–H groups in total. The van der Waals surface area contributed by atoms with Crippen LogP contribution in [0.4, 0.5) is 21.1 Å². The maximum Gasteiger partial charge on any atom is 0.420 e. The van der Waals surface area contributed by atoms with Crippen LogP contribution in [0.3, 0.4) is 0 Å². The highest BCUT2D eigenvalue weighted by Gasteiger charge is 2.38. The number of aromatic nitrogens is 4. The lowest BCUT2D eigenvalue weighted by atomic mass is 10.1. The molecule has 1 fully saturated rings. The Hall–Kier alpha value is -4.10. The molecule has 254 valence electrons. The van der Waals surface area contributed by atoms with Crippen LogP contribution in [-0.4, -0.2) is 75.0 Å². The molecular formula is C34H48N6O6Si. The Morgan fingerprint density at radius 2 is 1.79 bits per heavy atom. The molecule has 1 atom stereocenters. The zero-order chi connectivity index (χ0) is 34.3. The first-order valence-electron chi connectivity index (χ1n) is 16.3. The molecule has 1 aromatic carbocycles. The van der Waals surface area contributed by atoms with Crippen molar-refractivity contribution in [1.29, 1.82) is 0 Å². The smallest absolute Gasteiger partial charge is 0.420 e. The first-order chi connectivity index (χ1) is 22.0. The lowest BCUT2D eigenvalue weighted by Gasteiger charge is -2.37. The van der Waals surface area contributed by atoms with Crippen molar-refractivity contribution >= 4 is 48.7 Å². The second kappa shape index (κ2) is 12.8. The van der Waals surface area contributed by atoms with Crippen molar-refractivity contribution in [3.63, 3.8) is 0 Å². The Morgan fingerprint density at radius 3 is 2.40 bits per heavy atom. The molecule has 4 heterocycles. The number of likely N-dealkylation sites (tertiary alicyclic amines) is 1. The third kappa shape index (κ3) is 7.10. The topological polar surface area (TPSA) is 124 Å². The van der Waals surface area contributed by atoms with Crippen molar-refractivity contribution in [1.82, 2.24) is 24.1 Å². The van der Waals surface area contributed by atoms with Gasteiger partial charge in [0.05, 0.1) is 36.5 Å². The van der Waals surface area contributed by atoms with Crippen LogP contribution in [0.5, 0.6) is 5.75 Å². The van der Waals surface area contributed by atoms with E-state index < -0.39 is 26.1 Å². The fraction of sp³-hybridized carbons (Fsp3) is 0.529. The summed E-state index contributed by atoms with van der Waals surface area (Å²) in [5.41, 5.74) is 1.81. The Morgan fingerprint density at radius 1 is 1.09 bits per heavy atom. The first kappa shape index (κ1) is 34.2. The number of fused-ring (bicyclic) bond motifs is 2. The SMILES string of the molecule is CCOc1ccc(N(C(=O)OC(C)(C)C)c2c3cc(CO[Si](C)(C)C(C)(C)C)n([C@H]4CCCN(C(=O)O)C4)c3nc3ccnn23)cc1. The Balaban J connectivity index is 1.76. The van der Waals surface area contributed by atoms with Gasteiger partial charge in [0.1, 0.15) is 17.0 Å². The number of anilines is 2. The number of piperidine rings is 1. The maximum atomic E-state index is 14.2. The molecule has 0 spiro atoms. The van der Waals surface area contributed by atoms with Crippen molar-refractivity contribution in [3.05, 3.63) is 48.3 Å². The third-order valence-corrected chi connectivity index (χ3v) is 13.5. The number of benzene rings is 1. The van der Waals surface area contributed by atoms with E-state index >= 15 is 0 Å². The largest absolute Gasteiger partial charge is 0.494 e. The van der Waals surface area contributed by atoms with Gasteiger partial charge in [-0.1, -0.05) is 20.8 Å². The number of carboxylic acid groups (broad SMARTS) is 1. The van der Waals surface area contributed by atoms with Gasteiger partial charge in [0.15, 0.2) is 19.8 Å². The normalized spacial score (nSPS) is 16.1. The summed E-state index contributed by atoms with van der Waals surface area (Å²) in [6, 6.07) is 10.9. The number of hydrogen-bond donors (Lipinski definition) is 1. The monoisotopic (exact) mass is 664 g/mol. The van der Waals surface area contributed by atoms with E-state index in [2.05, 4.69) is 43.5 Å². The van der Waals surface area contributed by atoms with Gasteiger partial charge in [-0.2, -0.15) is 9.61 Å². The van der Waals surface area contributed by atoms with Crippen LogP contribution in [0.15, 0.2) is 42.6 Å². The molecule has 1 aliphatic rings. The second-order valence-electron chi connectivity index (χ2n) is 14.6. The van der Waals surface area contributed by atoms with Gasteiger partial charge in [-0.15, -0.1) is 0 Å². The molecule has 3 aromatic heterocycles. The summed E-state index contributed by atoms with van der Waals surface area (Å²) >= 11 is 0. The highest BCUT2D eigenvalue weighted by molar-refractivity contribution is 6.74. The molecule has 0 bridgehead atoms. The Kier molecular flexibility index (Phi) is 9.35. The minimum Gasteiger partial charge on any atom is -0.494 e. The van der Waals surface area contributed by atoms with Gasteiger partial charge in [-0.3, -0.25) is 0 Å². The minimum atomic E-state index is -2.17. The van der Waals surface area contributed by atoms with Gasteiger partial charge in [-0.05, 0) is 89.0 Å². The molecule has 4 aromatic rings. The highest BCUT2D eigenvalue weighted by Crippen LogP contribution is 2.41. The Labute approximate surface area is 277 Å². The predicted octanol–water partition coefficient (Wildman–Crippen LogP) is 7.99. The number of rotatable bonds is 8. The van der Waals surface area contributed by atoms with Gasteiger partial charge >= 0.3 is 12.2 Å². The highest BCUT2D eigenvalue weighted by atomic mass is 28.4. The molecule has 1 aliphatic heterocycles. The van der Waals surface area contributed by atoms with Crippen molar-refractivity contribution < 1.29 is 28.6 Å². The summed E-state index contributed by atoms with van der Waals surface area (Å²) < 4.78 is 22.2. The number of carbonyl (C=O) groups excluding carboxylic acids is 1. The fourth-order valence-corrected chi connectivity index (χ4v) is 6.58. The standard InChI is InChI=1S/C34H48N6O6Si/c1-10-44-26-15-13-23(14-16-26)39(32(43)46-33(2,3)4)30-27-20-25(22-45-47(8,9)34(5,6)7)38(24-12-11-19-37(21-24)31(41)42)29(27)36-28-17-18-35-40(28)30/h13-18,20,24H,10-12,19,21-22H2,1-9H3,(H,41,42)/t24-/m0/s1. The Bertz CT molecular complexity index is 1750. The number of hydrogen-bond acceptors (Lipinski definition) is 7. The molecule has 47 heavy (non-hydrogen) atoms. The molecule has 5 rings (SSSR count). The molecule has 1 saturated heterocycles. The second-order valence-corrected chi connectivity index (χ2v) is 19.4. The third-order valence-electron chi connectivity index (χ3n) is 8.99. The quantitative estimate of drug-likeness (QED) is 0.188. The molecule has 0 saturated carbocycles. The molecule has 12 nitrogen and oxygen atoms in total. The van der Waals surface area contributed by atoms with Crippen molar-refractivity contribution in [2.75, 3.05) is 24.6 Å². The van der Waals surface area contributed by atoms with Crippen LogP contribution in [0.25, 0.3) is 16.7 Å². The van der Waals surface area contributed by atoms with E-state index in [4.69, 9.17) is 18.9 Å². The van der Waals surface area contributed by atoms with E-state index in [9.17, 15) is 14.7 Å². The predicted molar refractivity (Wildman–Crippen MR) is 184 cm³/mol. The minimum absolute atomic E-state index is 0.0138. The van der Waals surface area contributed by atoms with E-state index in [1.54, 1.807) is 16.8 Å². The summed E-state index contributed by atoms with van der Waals surface area (Å²) in [5, 5.41) is 15.2. The number of ether oxygens (including phenoxy) is 2. The number of amides is 2. The van der Waals surface area contributed by atoms with Crippen LogP contribution < -0.4 is 9.64 Å². The van der Waals surface area contributed by atoms with Crippen molar-refractivity contribution in [3.8, 4) is 5.75 Å². The van der Waals surface area contributed by atoms with E-state index in [1.807, 2.05) is 58.0 Å². The van der Waals surface area contributed by atoms with Gasteiger partial charge < -0.3 is 28.5 Å². The van der Waals surface area contributed by atoms with Crippen LogP contribution >= 0.6 is 0 Å². The summed E-state index contributed by atoms with van der Waals surface area (Å²) in [4.78, 5) is 34.3. The van der Waals surface area contributed by atoms with Crippen LogP contribution in [0.2, 0.25) is 18.1 Å². The van der Waals surface area contributed by atoms with Crippen molar-refractivity contribution in [2.24, 2.45) is 0 Å². The van der Waals surface area contributed by atoms with Gasteiger partial charge in [0.2, 0.25) is 0 Å². The summed E-state index contributed by atoms with van der Waals surface area (Å²) in [6.45, 7) is 20.1. The van der Waals surface area contributed by atoms with Gasteiger partial charge in [-0.25, -0.2) is 19.5 Å². The lowest BCUT2D eigenvalue weighted by Crippen LogP contribution is -2.41. The van der Waals surface area contributed by atoms with E-state index in [-0.39, 0.29) is 11.1 Å². The molecule has 0 unspecified atom stereocenters. The van der Waals surface area contributed by atoms with E-state index in [0.717, 1.165) is 18.5 Å². The average Bonchev–Trinajstić information content (AvgIpc) is 3.60. The molecule has 2 amide bonds. The summed E-state index contributed by atoms with van der Waals surface area (Å²) in [6.07, 6.45) is 1.62. The summed E-state index contributed by atoms with van der Waals surface area (Å²) in [5.74, 6) is 1.15. The van der Waals surface area contributed by atoms with E-state index in [0.29, 0.717) is 60.2 Å². The van der Waals surface area contributed by atoms with Crippen LogP contribution in [-0.2, 0) is 15.8 Å². The molecular weight excluding hydrogens is 616 g/mol. The van der Waals surface area contributed by atoms with Gasteiger partial charge in [0.25, 0.3) is 0 Å². The maximum absolute atomic E-state index is 14.2. The number of carbonyl (C=O) groups is 2. The summed E-state index contributed by atoms with van der Waals surface area (Å²) in [7, 11) is -2.17. The lowest BCUT2D eigenvalue weighted by molar-refractivity contribution is 0.0597.